The zero-order valence-corrected chi connectivity index (χ0v) is 12.5. The van der Waals surface area contributed by atoms with Crippen molar-refractivity contribution in [2.24, 2.45) is 0 Å². The van der Waals surface area contributed by atoms with E-state index in [0.717, 1.165) is 0 Å². The number of benzene rings is 1. The monoisotopic (exact) mass is 317 g/mol. The predicted molar refractivity (Wildman–Crippen MR) is 78.2 cm³/mol. The molecule has 6 heteroatoms. The van der Waals surface area contributed by atoms with Crippen molar-refractivity contribution in [1.29, 1.82) is 0 Å². The molecule has 0 aromatic heterocycles. The van der Waals surface area contributed by atoms with Crippen LogP contribution < -0.4 is 5.32 Å². The topological polar surface area (TPSA) is 58.6 Å². The van der Waals surface area contributed by atoms with E-state index in [1.807, 2.05) is 0 Å². The van der Waals surface area contributed by atoms with E-state index < -0.39 is 5.60 Å². The Balaban J connectivity index is 1.87. The smallest absolute Gasteiger partial charge is 0.224 e. The number of carbonyl (C=O) groups is 1. The van der Waals surface area contributed by atoms with E-state index in [2.05, 4.69) is 5.32 Å². The third-order valence-electron chi connectivity index (χ3n) is 3.40. The van der Waals surface area contributed by atoms with Gasteiger partial charge in [0.1, 0.15) is 0 Å². The van der Waals surface area contributed by atoms with E-state index >= 15 is 0 Å². The maximum atomic E-state index is 11.9. The zero-order valence-electron chi connectivity index (χ0n) is 11.0. The number of nitrogens with one attached hydrogen (secondary N) is 1. The van der Waals surface area contributed by atoms with Gasteiger partial charge in [0.15, 0.2) is 0 Å². The molecule has 2 rings (SSSR count). The van der Waals surface area contributed by atoms with Gasteiger partial charge in [-0.1, -0.05) is 23.2 Å². The maximum Gasteiger partial charge on any atom is 0.224 e. The highest BCUT2D eigenvalue weighted by atomic mass is 35.5. The minimum atomic E-state index is -0.869. The molecule has 0 saturated carbocycles. The summed E-state index contributed by atoms with van der Waals surface area (Å²) in [5.41, 5.74) is -0.192. The molecule has 1 aliphatic heterocycles. The van der Waals surface area contributed by atoms with Gasteiger partial charge in [0.2, 0.25) is 5.91 Å². The number of amides is 1. The fourth-order valence-corrected chi connectivity index (χ4v) is 2.48. The number of aliphatic hydroxyl groups is 1. The Hall–Kier alpha value is -0.810. The molecule has 0 bridgehead atoms. The molecule has 4 nitrogen and oxygen atoms in total. The minimum absolute atomic E-state index is 0.145. The summed E-state index contributed by atoms with van der Waals surface area (Å²) in [6, 6.07) is 5.02. The maximum absolute atomic E-state index is 11.9. The second kappa shape index (κ2) is 6.76. The number of halogens is 2. The Morgan fingerprint density at radius 2 is 2.05 bits per heavy atom. The normalized spacial score (nSPS) is 17.8. The molecule has 1 aromatic carbocycles. The van der Waals surface area contributed by atoms with E-state index in [1.165, 1.54) is 0 Å². The van der Waals surface area contributed by atoms with E-state index in [0.29, 0.717) is 41.7 Å². The second-order valence-electron chi connectivity index (χ2n) is 5.03. The average molecular weight is 318 g/mol. The molecule has 0 radical (unpaired) electrons. The van der Waals surface area contributed by atoms with Gasteiger partial charge in [-0.2, -0.15) is 0 Å². The fourth-order valence-electron chi connectivity index (χ4n) is 2.11. The minimum Gasteiger partial charge on any atom is -0.388 e. The number of rotatable bonds is 4. The van der Waals surface area contributed by atoms with E-state index in [1.54, 1.807) is 18.2 Å². The molecule has 1 aromatic rings. The standard InChI is InChI=1S/C14H17Cl2NO3/c15-11-1-2-12(16)10(7-11)8-13(18)17-9-14(19)3-5-20-6-4-14/h1-2,7,19H,3-6,8-9H2,(H,17,18). The number of ether oxygens (including phenoxy) is 1. The van der Waals surface area contributed by atoms with Crippen molar-refractivity contribution >= 4 is 29.1 Å². The van der Waals surface area contributed by atoms with Crippen molar-refractivity contribution in [2.45, 2.75) is 24.9 Å². The molecule has 1 amide bonds. The summed E-state index contributed by atoms with van der Waals surface area (Å²) in [6.45, 7) is 1.27. The average Bonchev–Trinajstić information content (AvgIpc) is 2.42. The van der Waals surface area contributed by atoms with Crippen molar-refractivity contribution in [2.75, 3.05) is 19.8 Å². The van der Waals surface area contributed by atoms with Crippen LogP contribution in [0.2, 0.25) is 10.0 Å². The summed E-state index contributed by atoms with van der Waals surface area (Å²) in [4.78, 5) is 11.9. The van der Waals surface area contributed by atoms with Gasteiger partial charge < -0.3 is 15.2 Å². The molecule has 110 valence electrons. The van der Waals surface area contributed by atoms with Crippen LogP contribution in [-0.2, 0) is 16.0 Å². The first-order valence-corrected chi connectivity index (χ1v) is 7.25. The molecule has 1 saturated heterocycles. The molecule has 1 heterocycles. The summed E-state index contributed by atoms with van der Waals surface area (Å²) in [6.07, 6.45) is 1.21. The van der Waals surface area contributed by atoms with Crippen LogP contribution in [-0.4, -0.2) is 36.4 Å². The number of hydrogen-bond acceptors (Lipinski definition) is 3. The largest absolute Gasteiger partial charge is 0.388 e. The molecular weight excluding hydrogens is 301 g/mol. The van der Waals surface area contributed by atoms with Gasteiger partial charge in [-0.05, 0) is 23.8 Å². The summed E-state index contributed by atoms with van der Waals surface area (Å²) >= 11 is 11.9. The lowest BCUT2D eigenvalue weighted by Crippen LogP contribution is -2.46. The van der Waals surface area contributed by atoms with Crippen LogP contribution in [0.15, 0.2) is 18.2 Å². The first-order chi connectivity index (χ1) is 9.48. The van der Waals surface area contributed by atoms with Crippen molar-refractivity contribution in [3.05, 3.63) is 33.8 Å². The lowest BCUT2D eigenvalue weighted by Gasteiger charge is -2.32. The summed E-state index contributed by atoms with van der Waals surface area (Å²) in [5.74, 6) is -0.186. The van der Waals surface area contributed by atoms with Gasteiger partial charge in [0.25, 0.3) is 0 Å². The lowest BCUT2D eigenvalue weighted by molar-refractivity contribution is -0.123. The van der Waals surface area contributed by atoms with Gasteiger partial charge >= 0.3 is 0 Å². The Morgan fingerprint density at radius 3 is 2.75 bits per heavy atom. The van der Waals surface area contributed by atoms with E-state index in [4.69, 9.17) is 27.9 Å². The van der Waals surface area contributed by atoms with Crippen LogP contribution in [0, 0.1) is 0 Å². The first-order valence-electron chi connectivity index (χ1n) is 6.49. The third kappa shape index (κ3) is 4.35. The molecule has 2 N–H and O–H groups in total. The van der Waals surface area contributed by atoms with Gasteiger partial charge in [0.05, 0.1) is 12.0 Å². The molecule has 1 aliphatic rings. The quantitative estimate of drug-likeness (QED) is 0.895. The van der Waals surface area contributed by atoms with Crippen molar-refractivity contribution < 1.29 is 14.6 Å². The highest BCUT2D eigenvalue weighted by Crippen LogP contribution is 2.22. The molecular formula is C14H17Cl2NO3. The predicted octanol–water partition coefficient (Wildman–Crippen LogP) is 2.19. The van der Waals surface area contributed by atoms with Crippen LogP contribution in [0.4, 0.5) is 0 Å². The number of carbonyl (C=O) groups excluding carboxylic acids is 1. The Kier molecular flexibility index (Phi) is 5.27. The molecule has 0 atom stereocenters. The van der Waals surface area contributed by atoms with Gasteiger partial charge in [0, 0.05) is 42.6 Å². The van der Waals surface area contributed by atoms with E-state index in [-0.39, 0.29) is 18.9 Å². The van der Waals surface area contributed by atoms with Crippen LogP contribution in [0.5, 0.6) is 0 Å². The lowest BCUT2D eigenvalue weighted by atomic mass is 9.94. The van der Waals surface area contributed by atoms with Crippen LogP contribution in [0.1, 0.15) is 18.4 Å². The van der Waals surface area contributed by atoms with Gasteiger partial charge in [-0.25, -0.2) is 0 Å². The molecule has 0 spiro atoms. The van der Waals surface area contributed by atoms with Crippen LogP contribution in [0.25, 0.3) is 0 Å². The van der Waals surface area contributed by atoms with E-state index in [9.17, 15) is 9.90 Å². The molecule has 1 fully saturated rings. The van der Waals surface area contributed by atoms with Crippen molar-refractivity contribution in [3.8, 4) is 0 Å². The zero-order chi connectivity index (χ0) is 14.6. The summed E-state index contributed by atoms with van der Waals surface area (Å²) < 4.78 is 5.19. The molecule has 20 heavy (non-hydrogen) atoms. The highest BCUT2D eigenvalue weighted by Gasteiger charge is 2.30. The Morgan fingerprint density at radius 1 is 1.35 bits per heavy atom. The van der Waals surface area contributed by atoms with Crippen molar-refractivity contribution in [1.82, 2.24) is 5.32 Å². The molecule has 0 aliphatic carbocycles. The Bertz CT molecular complexity index is 487. The fraction of sp³-hybridized carbons (Fsp3) is 0.500. The number of hydrogen-bond donors (Lipinski definition) is 2. The van der Waals surface area contributed by atoms with Crippen molar-refractivity contribution in [3.63, 3.8) is 0 Å². The summed E-state index contributed by atoms with van der Waals surface area (Å²) in [7, 11) is 0. The first kappa shape index (κ1) is 15.6. The second-order valence-corrected chi connectivity index (χ2v) is 5.87. The van der Waals surface area contributed by atoms with Gasteiger partial charge in [-0.3, -0.25) is 4.79 Å². The Labute approximate surface area is 128 Å². The third-order valence-corrected chi connectivity index (χ3v) is 4.00. The van der Waals surface area contributed by atoms with Crippen LogP contribution >= 0.6 is 23.2 Å². The van der Waals surface area contributed by atoms with Crippen LogP contribution in [0.3, 0.4) is 0 Å². The SMILES string of the molecule is O=C(Cc1cc(Cl)ccc1Cl)NCC1(O)CCOCC1. The molecule has 0 unspecified atom stereocenters. The van der Waals surface area contributed by atoms with Gasteiger partial charge in [-0.15, -0.1) is 0 Å². The summed E-state index contributed by atoms with van der Waals surface area (Å²) in [5, 5.41) is 14.0. The highest BCUT2D eigenvalue weighted by molar-refractivity contribution is 6.33.